The Labute approximate surface area is 176 Å². The van der Waals surface area contributed by atoms with E-state index in [-0.39, 0.29) is 18.9 Å². The number of hydrogen-bond donors (Lipinski definition) is 1. The van der Waals surface area contributed by atoms with E-state index in [9.17, 15) is 9.90 Å². The smallest absolute Gasteiger partial charge is 0.182 e. The molecule has 0 aliphatic rings. The summed E-state index contributed by atoms with van der Waals surface area (Å²) in [6.07, 6.45) is 2.81. The van der Waals surface area contributed by atoms with Crippen LogP contribution in [0.25, 0.3) is 22.3 Å². The standard InChI is InChI=1S/C25H25N3O2/c1-2-3-14-24-26-21-15-20(18-10-6-4-7-11-18)22(17-29)27-25(21)28(24)16-23(30)19-12-8-5-9-13-19/h4-13,15,29H,2-3,14,16-17H2,1H3. The first-order valence-corrected chi connectivity index (χ1v) is 10.3. The molecule has 30 heavy (non-hydrogen) atoms. The molecule has 0 bridgehead atoms. The van der Waals surface area contributed by atoms with Crippen LogP contribution in [0.4, 0.5) is 0 Å². The number of Topliss-reactive ketones (excluding diaryl/α,β-unsaturated/α-hetero) is 1. The van der Waals surface area contributed by atoms with Crippen LogP contribution >= 0.6 is 0 Å². The molecule has 0 radical (unpaired) electrons. The van der Waals surface area contributed by atoms with Gasteiger partial charge in [-0.1, -0.05) is 74.0 Å². The Morgan fingerprint density at radius 2 is 1.70 bits per heavy atom. The number of unbranched alkanes of at least 4 members (excludes halogenated alkanes) is 1. The van der Waals surface area contributed by atoms with E-state index in [4.69, 9.17) is 9.97 Å². The monoisotopic (exact) mass is 399 g/mol. The number of carbonyl (C=O) groups is 1. The Balaban J connectivity index is 1.82. The first-order valence-electron chi connectivity index (χ1n) is 10.3. The zero-order valence-corrected chi connectivity index (χ0v) is 17.1. The molecule has 5 heteroatoms. The van der Waals surface area contributed by atoms with E-state index in [1.807, 2.05) is 71.3 Å². The van der Waals surface area contributed by atoms with Crippen molar-refractivity contribution in [3.63, 3.8) is 0 Å². The summed E-state index contributed by atoms with van der Waals surface area (Å²) in [7, 11) is 0. The summed E-state index contributed by atoms with van der Waals surface area (Å²) in [6, 6.07) is 21.1. The van der Waals surface area contributed by atoms with Crippen LogP contribution in [0.15, 0.2) is 66.7 Å². The number of fused-ring (bicyclic) bond motifs is 1. The lowest BCUT2D eigenvalue weighted by atomic mass is 10.0. The maximum atomic E-state index is 12.9. The minimum absolute atomic E-state index is 0.0205. The molecule has 0 aliphatic heterocycles. The Morgan fingerprint density at radius 1 is 1.00 bits per heavy atom. The van der Waals surface area contributed by atoms with Crippen LogP contribution in [0.3, 0.4) is 0 Å². The van der Waals surface area contributed by atoms with Crippen LogP contribution in [0.2, 0.25) is 0 Å². The van der Waals surface area contributed by atoms with Gasteiger partial charge in [-0.15, -0.1) is 0 Å². The van der Waals surface area contributed by atoms with Gasteiger partial charge in [-0.2, -0.15) is 0 Å². The Morgan fingerprint density at radius 3 is 2.37 bits per heavy atom. The Kier molecular flexibility index (Phi) is 6.00. The molecule has 1 N–H and O–H groups in total. The Bertz CT molecular complexity index is 1150. The summed E-state index contributed by atoms with van der Waals surface area (Å²) in [6.45, 7) is 2.14. The number of aliphatic hydroxyl groups excluding tert-OH is 1. The highest BCUT2D eigenvalue weighted by Crippen LogP contribution is 2.27. The molecule has 2 heterocycles. The molecule has 2 aromatic heterocycles. The van der Waals surface area contributed by atoms with E-state index >= 15 is 0 Å². The van der Waals surface area contributed by atoms with Crippen molar-refractivity contribution < 1.29 is 9.90 Å². The van der Waals surface area contributed by atoms with Crippen molar-refractivity contribution in [1.29, 1.82) is 0 Å². The molecular weight excluding hydrogens is 374 g/mol. The van der Waals surface area contributed by atoms with Crippen molar-refractivity contribution >= 4 is 16.9 Å². The van der Waals surface area contributed by atoms with Crippen molar-refractivity contribution in [3.8, 4) is 11.1 Å². The fraction of sp³-hybridized carbons (Fsp3) is 0.240. The number of nitrogens with zero attached hydrogens (tertiary/aromatic N) is 3. The number of rotatable bonds is 8. The summed E-state index contributed by atoms with van der Waals surface area (Å²) < 4.78 is 1.91. The highest BCUT2D eigenvalue weighted by Gasteiger charge is 2.18. The van der Waals surface area contributed by atoms with E-state index in [0.29, 0.717) is 16.9 Å². The van der Waals surface area contributed by atoms with E-state index < -0.39 is 0 Å². The van der Waals surface area contributed by atoms with Gasteiger partial charge in [0, 0.05) is 17.5 Å². The van der Waals surface area contributed by atoms with Gasteiger partial charge in [-0.25, -0.2) is 9.97 Å². The number of carbonyl (C=O) groups excluding carboxylic acids is 1. The predicted octanol–water partition coefficient (Wildman–Crippen LogP) is 4.82. The molecule has 0 spiro atoms. The summed E-state index contributed by atoms with van der Waals surface area (Å²) >= 11 is 0. The zero-order valence-electron chi connectivity index (χ0n) is 17.1. The van der Waals surface area contributed by atoms with Crippen LogP contribution < -0.4 is 0 Å². The molecule has 0 amide bonds. The molecule has 4 rings (SSSR count). The number of hydrogen-bond acceptors (Lipinski definition) is 4. The molecule has 5 nitrogen and oxygen atoms in total. The molecule has 0 atom stereocenters. The highest BCUT2D eigenvalue weighted by molar-refractivity contribution is 5.96. The molecule has 0 saturated heterocycles. The van der Waals surface area contributed by atoms with Gasteiger partial charge in [-0.05, 0) is 18.1 Å². The van der Waals surface area contributed by atoms with Crippen molar-refractivity contribution in [3.05, 3.63) is 83.8 Å². The number of imidazole rings is 1. The normalized spacial score (nSPS) is 11.1. The largest absolute Gasteiger partial charge is 0.390 e. The van der Waals surface area contributed by atoms with Gasteiger partial charge in [-0.3, -0.25) is 4.79 Å². The molecule has 0 unspecified atom stereocenters. The fourth-order valence-corrected chi connectivity index (χ4v) is 3.67. The van der Waals surface area contributed by atoms with Gasteiger partial charge in [0.2, 0.25) is 0 Å². The maximum Gasteiger partial charge on any atom is 0.182 e. The fourth-order valence-electron chi connectivity index (χ4n) is 3.67. The highest BCUT2D eigenvalue weighted by atomic mass is 16.3. The minimum atomic E-state index is -0.178. The van der Waals surface area contributed by atoms with Gasteiger partial charge < -0.3 is 9.67 Å². The van der Waals surface area contributed by atoms with E-state index in [2.05, 4.69) is 6.92 Å². The second kappa shape index (κ2) is 9.01. The Hall–Kier alpha value is -3.31. The lowest BCUT2D eigenvalue weighted by molar-refractivity contribution is 0.0972. The van der Waals surface area contributed by atoms with Crippen LogP contribution in [0.1, 0.15) is 41.6 Å². The summed E-state index contributed by atoms with van der Waals surface area (Å²) in [5.74, 6) is 0.880. The second-order valence-corrected chi connectivity index (χ2v) is 7.36. The van der Waals surface area contributed by atoms with Crippen molar-refractivity contribution in [2.24, 2.45) is 0 Å². The summed E-state index contributed by atoms with van der Waals surface area (Å²) in [4.78, 5) is 22.5. The van der Waals surface area contributed by atoms with Gasteiger partial charge in [0.15, 0.2) is 11.4 Å². The first kappa shape index (κ1) is 20.0. The van der Waals surface area contributed by atoms with Gasteiger partial charge >= 0.3 is 0 Å². The zero-order chi connectivity index (χ0) is 20.9. The van der Waals surface area contributed by atoms with E-state index in [1.54, 1.807) is 0 Å². The number of ketones is 1. The first-order chi connectivity index (χ1) is 14.7. The molecule has 0 aliphatic carbocycles. The van der Waals surface area contributed by atoms with Crippen molar-refractivity contribution in [1.82, 2.24) is 14.5 Å². The third kappa shape index (κ3) is 4.02. The van der Waals surface area contributed by atoms with Gasteiger partial charge in [0.05, 0.1) is 18.8 Å². The van der Waals surface area contributed by atoms with Gasteiger partial charge in [0.1, 0.15) is 11.3 Å². The number of aliphatic hydroxyl groups is 1. The SMILES string of the molecule is CCCCc1nc2cc(-c3ccccc3)c(CO)nc2n1CC(=O)c1ccccc1. The summed E-state index contributed by atoms with van der Waals surface area (Å²) in [5.41, 5.74) is 4.51. The molecule has 4 aromatic rings. The number of aryl methyl sites for hydroxylation is 1. The van der Waals surface area contributed by atoms with Crippen molar-refractivity contribution in [2.75, 3.05) is 0 Å². The maximum absolute atomic E-state index is 12.9. The van der Waals surface area contributed by atoms with E-state index in [0.717, 1.165) is 41.7 Å². The average molecular weight is 399 g/mol. The molecule has 152 valence electrons. The van der Waals surface area contributed by atoms with Crippen LogP contribution in [-0.4, -0.2) is 25.4 Å². The second-order valence-electron chi connectivity index (χ2n) is 7.36. The molecule has 0 saturated carbocycles. The van der Waals surface area contributed by atoms with Crippen LogP contribution in [0.5, 0.6) is 0 Å². The summed E-state index contributed by atoms with van der Waals surface area (Å²) in [5, 5.41) is 9.98. The number of pyridine rings is 1. The third-order valence-electron chi connectivity index (χ3n) is 5.26. The topological polar surface area (TPSA) is 68.0 Å². The average Bonchev–Trinajstić information content (AvgIpc) is 3.14. The number of benzene rings is 2. The van der Waals surface area contributed by atoms with Crippen molar-refractivity contribution in [2.45, 2.75) is 39.3 Å². The van der Waals surface area contributed by atoms with E-state index in [1.165, 1.54) is 0 Å². The van der Waals surface area contributed by atoms with Crippen LogP contribution in [0, 0.1) is 0 Å². The molecule has 2 aromatic carbocycles. The predicted molar refractivity (Wildman–Crippen MR) is 118 cm³/mol. The molecular formula is C25H25N3O2. The quantitative estimate of drug-likeness (QED) is 0.432. The lowest BCUT2D eigenvalue weighted by Gasteiger charge is -2.10. The lowest BCUT2D eigenvalue weighted by Crippen LogP contribution is -2.14. The van der Waals surface area contributed by atoms with Gasteiger partial charge in [0.25, 0.3) is 0 Å². The number of aromatic nitrogens is 3. The third-order valence-corrected chi connectivity index (χ3v) is 5.26. The van der Waals surface area contributed by atoms with Crippen LogP contribution in [-0.2, 0) is 19.6 Å². The minimum Gasteiger partial charge on any atom is -0.390 e. The molecule has 0 fully saturated rings.